The molecule has 8 heteroatoms. The van der Waals surface area contributed by atoms with E-state index in [1.165, 1.54) is 0 Å². The van der Waals surface area contributed by atoms with E-state index in [4.69, 9.17) is 14.8 Å². The predicted octanol–water partition coefficient (Wildman–Crippen LogP) is 4.05. The van der Waals surface area contributed by atoms with Crippen molar-refractivity contribution in [3.05, 3.63) is 66.0 Å². The first-order valence-corrected chi connectivity index (χ1v) is 9.61. The molecule has 0 atom stereocenters. The zero-order valence-electron chi connectivity index (χ0n) is 16.5. The molecule has 0 saturated carbocycles. The van der Waals surface area contributed by atoms with Gasteiger partial charge in [-0.15, -0.1) is 10.2 Å². The second-order valence-electron chi connectivity index (χ2n) is 6.78. The second-order valence-corrected chi connectivity index (χ2v) is 6.78. The summed E-state index contributed by atoms with van der Waals surface area (Å²) < 4.78 is 6.73. The zero-order valence-corrected chi connectivity index (χ0v) is 16.5. The minimum Gasteiger partial charge on any atom is -0.461 e. The van der Waals surface area contributed by atoms with Crippen molar-refractivity contribution < 1.29 is 9.53 Å². The van der Waals surface area contributed by atoms with Crippen molar-refractivity contribution >= 4 is 44.9 Å². The Balaban J connectivity index is 1.82. The Kier molecular flexibility index (Phi) is 4.24. The van der Waals surface area contributed by atoms with Gasteiger partial charge in [0.25, 0.3) is 0 Å². The third-order valence-corrected chi connectivity index (χ3v) is 4.90. The molecule has 148 valence electrons. The quantitative estimate of drug-likeness (QED) is 0.456. The molecule has 8 nitrogen and oxygen atoms in total. The van der Waals surface area contributed by atoms with Crippen LogP contribution in [0.5, 0.6) is 0 Å². The number of anilines is 2. The van der Waals surface area contributed by atoms with E-state index < -0.39 is 5.97 Å². The number of nitrogens with one attached hydrogen (secondary N) is 1. The fourth-order valence-corrected chi connectivity index (χ4v) is 3.50. The van der Waals surface area contributed by atoms with Gasteiger partial charge in [0.05, 0.1) is 23.2 Å². The number of hydrogen-bond donors (Lipinski definition) is 1. The van der Waals surface area contributed by atoms with Crippen molar-refractivity contribution in [1.82, 2.24) is 24.8 Å². The molecule has 0 aliphatic rings. The van der Waals surface area contributed by atoms with Gasteiger partial charge in [-0.25, -0.2) is 14.3 Å². The highest BCUT2D eigenvalue weighted by Gasteiger charge is 2.22. The minimum absolute atomic E-state index is 0.145. The first-order valence-electron chi connectivity index (χ1n) is 9.61. The lowest BCUT2D eigenvalue weighted by Crippen LogP contribution is -2.14. The van der Waals surface area contributed by atoms with Crippen molar-refractivity contribution in [2.75, 3.05) is 11.9 Å². The highest BCUT2D eigenvalue weighted by molar-refractivity contribution is 6.13. The summed E-state index contributed by atoms with van der Waals surface area (Å²) >= 11 is 0. The maximum Gasteiger partial charge on any atom is 0.360 e. The number of benzene rings is 2. The second kappa shape index (κ2) is 7.07. The molecule has 1 N–H and O–H groups in total. The molecule has 5 rings (SSSR count). The van der Waals surface area contributed by atoms with Crippen LogP contribution in [-0.2, 0) is 4.74 Å². The van der Waals surface area contributed by atoms with Crippen LogP contribution in [0.3, 0.4) is 0 Å². The molecule has 5 aromatic rings. The maximum absolute atomic E-state index is 12.3. The molecular weight excluding hydrogens is 380 g/mol. The number of pyridine rings is 1. The van der Waals surface area contributed by atoms with E-state index >= 15 is 0 Å². The molecule has 0 unspecified atom stereocenters. The number of carbonyl (C=O) groups excluding carboxylic acids is 1. The summed E-state index contributed by atoms with van der Waals surface area (Å²) in [6.07, 6.45) is 0. The lowest BCUT2D eigenvalue weighted by Gasteiger charge is -2.08. The molecule has 30 heavy (non-hydrogen) atoms. The summed E-state index contributed by atoms with van der Waals surface area (Å²) in [6, 6.07) is 17.6. The molecule has 0 bridgehead atoms. The standard InChI is InChI=1S/C22H18N6O2/c1-3-30-22(29)18-13(2)28-21(26-25-18)17-19(27-28)15-11-7-8-12-16(15)24-20(17)23-14-9-5-4-6-10-14/h4-12H,3H2,1-2H3,(H,23,24). The van der Waals surface area contributed by atoms with E-state index in [2.05, 4.69) is 15.5 Å². The van der Waals surface area contributed by atoms with E-state index in [-0.39, 0.29) is 12.3 Å². The van der Waals surface area contributed by atoms with Crippen molar-refractivity contribution in [2.45, 2.75) is 13.8 Å². The topological polar surface area (TPSA) is 94.3 Å². The summed E-state index contributed by atoms with van der Waals surface area (Å²) in [4.78, 5) is 17.1. The number of para-hydroxylation sites is 2. The molecule has 0 radical (unpaired) electrons. The summed E-state index contributed by atoms with van der Waals surface area (Å²) in [5.74, 6) is 0.108. The number of ether oxygens (including phenoxy) is 1. The third kappa shape index (κ3) is 2.81. The van der Waals surface area contributed by atoms with E-state index in [1.807, 2.05) is 54.6 Å². The highest BCUT2D eigenvalue weighted by Crippen LogP contribution is 2.33. The molecule has 0 aliphatic heterocycles. The van der Waals surface area contributed by atoms with Gasteiger partial charge in [-0.1, -0.05) is 36.4 Å². The lowest BCUT2D eigenvalue weighted by molar-refractivity contribution is 0.0516. The van der Waals surface area contributed by atoms with Gasteiger partial charge in [-0.3, -0.25) is 0 Å². The predicted molar refractivity (Wildman–Crippen MR) is 114 cm³/mol. The van der Waals surface area contributed by atoms with E-state index in [0.717, 1.165) is 27.5 Å². The Labute approximate surface area is 171 Å². The number of aryl methyl sites for hydroxylation is 1. The Morgan fingerprint density at radius 3 is 2.63 bits per heavy atom. The Morgan fingerprint density at radius 1 is 1.07 bits per heavy atom. The van der Waals surface area contributed by atoms with Crippen LogP contribution in [0.1, 0.15) is 23.1 Å². The van der Waals surface area contributed by atoms with Crippen molar-refractivity contribution in [3.63, 3.8) is 0 Å². The number of rotatable bonds is 4. The molecule has 3 heterocycles. The first-order chi connectivity index (χ1) is 14.7. The van der Waals surface area contributed by atoms with Gasteiger partial charge in [-0.05, 0) is 32.0 Å². The molecular formula is C22H18N6O2. The number of hydrogen-bond acceptors (Lipinski definition) is 7. The van der Waals surface area contributed by atoms with Crippen molar-refractivity contribution in [2.24, 2.45) is 0 Å². The molecule has 3 aromatic heterocycles. The monoisotopic (exact) mass is 398 g/mol. The fourth-order valence-electron chi connectivity index (χ4n) is 3.50. The minimum atomic E-state index is -0.519. The molecule has 0 amide bonds. The van der Waals surface area contributed by atoms with Gasteiger partial charge in [0.1, 0.15) is 11.3 Å². The Bertz CT molecular complexity index is 1410. The van der Waals surface area contributed by atoms with Gasteiger partial charge in [0, 0.05) is 11.1 Å². The lowest BCUT2D eigenvalue weighted by atomic mass is 10.1. The number of fused-ring (bicyclic) bond motifs is 5. The van der Waals surface area contributed by atoms with Gasteiger partial charge in [-0.2, -0.15) is 5.10 Å². The van der Waals surface area contributed by atoms with Crippen LogP contribution < -0.4 is 5.32 Å². The van der Waals surface area contributed by atoms with E-state index in [0.29, 0.717) is 17.2 Å². The molecule has 0 fully saturated rings. The first kappa shape index (κ1) is 18.0. The number of esters is 1. The Hall–Kier alpha value is -4.07. The van der Waals surface area contributed by atoms with Crippen LogP contribution in [0.25, 0.3) is 27.5 Å². The molecule has 0 saturated heterocycles. The third-order valence-electron chi connectivity index (χ3n) is 4.90. The van der Waals surface area contributed by atoms with Crippen LogP contribution in [-0.4, -0.2) is 37.4 Å². The summed E-state index contributed by atoms with van der Waals surface area (Å²) in [5, 5.41) is 18.2. The maximum atomic E-state index is 12.3. The van der Waals surface area contributed by atoms with Gasteiger partial charge >= 0.3 is 5.97 Å². The number of nitrogens with zero attached hydrogens (tertiary/aromatic N) is 5. The van der Waals surface area contributed by atoms with E-state index in [1.54, 1.807) is 18.4 Å². The van der Waals surface area contributed by atoms with Crippen LogP contribution in [0.15, 0.2) is 54.6 Å². The van der Waals surface area contributed by atoms with Crippen LogP contribution >= 0.6 is 0 Å². The normalized spacial score (nSPS) is 11.3. The SMILES string of the molecule is CCOC(=O)c1nnc2c3c(Nc4ccccc4)nc4ccccc4c3nn2c1C. The van der Waals surface area contributed by atoms with Gasteiger partial charge in [0.15, 0.2) is 11.3 Å². The van der Waals surface area contributed by atoms with Crippen LogP contribution in [0.4, 0.5) is 11.5 Å². The van der Waals surface area contributed by atoms with Crippen molar-refractivity contribution in [1.29, 1.82) is 0 Å². The average Bonchev–Trinajstić information content (AvgIpc) is 3.16. The molecule has 2 aromatic carbocycles. The Morgan fingerprint density at radius 2 is 1.83 bits per heavy atom. The average molecular weight is 398 g/mol. The summed E-state index contributed by atoms with van der Waals surface area (Å²) in [6.45, 7) is 3.79. The van der Waals surface area contributed by atoms with Crippen LogP contribution in [0.2, 0.25) is 0 Å². The fraction of sp³-hybridized carbons (Fsp3) is 0.136. The van der Waals surface area contributed by atoms with Crippen molar-refractivity contribution in [3.8, 4) is 0 Å². The van der Waals surface area contributed by atoms with Crippen LogP contribution in [0, 0.1) is 6.92 Å². The van der Waals surface area contributed by atoms with Gasteiger partial charge < -0.3 is 10.1 Å². The largest absolute Gasteiger partial charge is 0.461 e. The number of aromatic nitrogens is 5. The number of carbonyl (C=O) groups is 1. The smallest absolute Gasteiger partial charge is 0.360 e. The molecule has 0 spiro atoms. The highest BCUT2D eigenvalue weighted by atomic mass is 16.5. The summed E-state index contributed by atoms with van der Waals surface area (Å²) in [5.41, 5.74) is 3.66. The zero-order chi connectivity index (χ0) is 20.7. The van der Waals surface area contributed by atoms with E-state index in [9.17, 15) is 4.79 Å². The summed E-state index contributed by atoms with van der Waals surface area (Å²) in [7, 11) is 0. The van der Waals surface area contributed by atoms with Gasteiger partial charge in [0.2, 0.25) is 0 Å². The molecule has 0 aliphatic carbocycles.